The molecule has 2 atom stereocenters. The van der Waals surface area contributed by atoms with Crippen molar-refractivity contribution in [3.63, 3.8) is 0 Å². The van der Waals surface area contributed by atoms with E-state index in [0.29, 0.717) is 4.68 Å². The Labute approximate surface area is 226 Å². The Kier molecular flexibility index (Phi) is 6.00. The maximum Gasteiger partial charge on any atom is 0.418 e. The van der Waals surface area contributed by atoms with Crippen molar-refractivity contribution in [3.05, 3.63) is 83.7 Å². The number of anilines is 1. The summed E-state index contributed by atoms with van der Waals surface area (Å²) in [5.41, 5.74) is -2.31. The fraction of sp³-hybridized carbons (Fsp3) is 0.240. The van der Waals surface area contributed by atoms with Crippen LogP contribution in [0.3, 0.4) is 0 Å². The molecule has 0 fully saturated rings. The highest BCUT2D eigenvalue weighted by Gasteiger charge is 2.49. The van der Waals surface area contributed by atoms with Crippen molar-refractivity contribution in [2.24, 2.45) is 0 Å². The first-order valence-corrected chi connectivity index (χ1v) is 12.0. The van der Waals surface area contributed by atoms with Crippen LogP contribution in [0.4, 0.5) is 32.0 Å². The number of nitrogens with one attached hydrogen (secondary N) is 1. The van der Waals surface area contributed by atoms with Crippen molar-refractivity contribution in [3.8, 4) is 11.5 Å². The summed E-state index contributed by atoms with van der Waals surface area (Å²) < 4.78 is 84.1. The maximum atomic E-state index is 14.1. The number of pyridine rings is 1. The maximum absolute atomic E-state index is 14.1. The molecular formula is C25H17F6N9O. The number of hydrogen-bond acceptors (Lipinski definition) is 7. The minimum Gasteiger partial charge on any atom is -0.324 e. The van der Waals surface area contributed by atoms with Crippen LogP contribution in [0.15, 0.2) is 55.2 Å². The summed E-state index contributed by atoms with van der Waals surface area (Å²) in [7, 11) is 0. The van der Waals surface area contributed by atoms with Crippen molar-refractivity contribution in [1.82, 2.24) is 39.3 Å². The zero-order chi connectivity index (χ0) is 29.1. The number of fused-ring (bicyclic) bond motifs is 3. The van der Waals surface area contributed by atoms with E-state index in [2.05, 4.69) is 35.5 Å². The number of alkyl halides is 5. The van der Waals surface area contributed by atoms with Gasteiger partial charge in [-0.05, 0) is 31.5 Å². The molecule has 1 N–H and O–H groups in total. The average Bonchev–Trinajstić information content (AvgIpc) is 3.64. The normalized spacial score (nSPS) is 18.7. The summed E-state index contributed by atoms with van der Waals surface area (Å²) >= 11 is 0. The summed E-state index contributed by atoms with van der Waals surface area (Å²) in [6, 6.07) is 4.58. The Morgan fingerprint density at radius 3 is 2.54 bits per heavy atom. The van der Waals surface area contributed by atoms with Crippen LogP contribution in [0.5, 0.6) is 0 Å². The van der Waals surface area contributed by atoms with E-state index in [4.69, 9.17) is 0 Å². The van der Waals surface area contributed by atoms with Crippen molar-refractivity contribution >= 4 is 17.2 Å². The number of hydrogen-bond donors (Lipinski definition) is 1. The first-order valence-electron chi connectivity index (χ1n) is 12.0. The lowest BCUT2D eigenvalue weighted by Crippen LogP contribution is -2.26. The van der Waals surface area contributed by atoms with Crippen LogP contribution in [-0.2, 0) is 16.4 Å². The molecule has 0 aliphatic heterocycles. The van der Waals surface area contributed by atoms with Crippen molar-refractivity contribution in [2.75, 3.05) is 5.32 Å². The quantitative estimate of drug-likeness (QED) is 0.302. The molecule has 5 aromatic heterocycles. The molecule has 6 rings (SSSR count). The van der Waals surface area contributed by atoms with Gasteiger partial charge in [-0.1, -0.05) is 0 Å². The minimum absolute atomic E-state index is 0.0494. The highest BCUT2D eigenvalue weighted by atomic mass is 19.4. The van der Waals surface area contributed by atoms with Crippen molar-refractivity contribution in [1.29, 1.82) is 0 Å². The zero-order valence-electron chi connectivity index (χ0n) is 20.8. The number of aromatic nitrogens is 8. The van der Waals surface area contributed by atoms with Gasteiger partial charge < -0.3 is 5.32 Å². The summed E-state index contributed by atoms with van der Waals surface area (Å²) in [5, 5.41) is 10.3. The van der Waals surface area contributed by atoms with E-state index >= 15 is 0 Å². The molecule has 0 unspecified atom stereocenters. The highest BCUT2D eigenvalue weighted by Crippen LogP contribution is 2.49. The van der Waals surface area contributed by atoms with Gasteiger partial charge in [0.1, 0.15) is 5.69 Å². The molecule has 0 saturated carbocycles. The van der Waals surface area contributed by atoms with Crippen LogP contribution < -0.4 is 5.32 Å². The molecule has 0 bridgehead atoms. The molecule has 210 valence electrons. The van der Waals surface area contributed by atoms with Crippen LogP contribution in [0.25, 0.3) is 17.2 Å². The molecule has 1 aliphatic carbocycles. The lowest BCUT2D eigenvalue weighted by atomic mass is 9.82. The van der Waals surface area contributed by atoms with E-state index < -0.39 is 47.2 Å². The van der Waals surface area contributed by atoms with Gasteiger partial charge in [-0.2, -0.15) is 31.4 Å². The van der Waals surface area contributed by atoms with Gasteiger partial charge in [-0.15, -0.1) is 5.10 Å². The van der Waals surface area contributed by atoms with E-state index in [1.165, 1.54) is 35.2 Å². The van der Waals surface area contributed by atoms with E-state index in [0.717, 1.165) is 24.5 Å². The second-order valence-corrected chi connectivity index (χ2v) is 9.53. The lowest BCUT2D eigenvalue weighted by Gasteiger charge is -2.23. The summed E-state index contributed by atoms with van der Waals surface area (Å²) in [6.45, 7) is -1.29. The van der Waals surface area contributed by atoms with Crippen LogP contribution >= 0.6 is 0 Å². The van der Waals surface area contributed by atoms with Crippen LogP contribution in [0, 0.1) is 5.95 Å². The number of carbonyl (C=O) groups is 1. The van der Waals surface area contributed by atoms with Gasteiger partial charge in [-0.25, -0.2) is 24.1 Å². The molecule has 0 aromatic carbocycles. The predicted molar refractivity (Wildman–Crippen MR) is 129 cm³/mol. The van der Waals surface area contributed by atoms with Crippen LogP contribution in [-0.4, -0.2) is 45.2 Å². The highest BCUT2D eigenvalue weighted by molar-refractivity contribution is 5.97. The van der Waals surface area contributed by atoms with Crippen LogP contribution in [0.1, 0.15) is 48.3 Å². The SMILES string of the molecule is C[C@]1(c2ccn(C(F)F)n2)C[C@H](C(=O)Nc2cnc(-c3ncccn3)c(C(F)(F)F)c2)c2cnc3cc(F)nn3c21. The zero-order valence-corrected chi connectivity index (χ0v) is 20.8. The van der Waals surface area contributed by atoms with Crippen molar-refractivity contribution < 1.29 is 31.1 Å². The molecule has 0 radical (unpaired) electrons. The Bertz CT molecular complexity index is 1790. The molecule has 0 spiro atoms. The third-order valence-corrected chi connectivity index (χ3v) is 6.92. The van der Waals surface area contributed by atoms with Gasteiger partial charge in [0.2, 0.25) is 11.9 Å². The molecule has 10 nitrogen and oxygen atoms in total. The van der Waals surface area contributed by atoms with E-state index in [9.17, 15) is 31.1 Å². The lowest BCUT2D eigenvalue weighted by molar-refractivity contribution is -0.137. The van der Waals surface area contributed by atoms with Gasteiger partial charge in [0, 0.05) is 36.4 Å². The van der Waals surface area contributed by atoms with Gasteiger partial charge in [-0.3, -0.25) is 9.78 Å². The summed E-state index contributed by atoms with van der Waals surface area (Å²) in [5.74, 6) is -2.87. The smallest absolute Gasteiger partial charge is 0.324 e. The van der Waals surface area contributed by atoms with Gasteiger partial charge >= 0.3 is 12.7 Å². The molecule has 0 saturated heterocycles. The molecule has 41 heavy (non-hydrogen) atoms. The van der Waals surface area contributed by atoms with Gasteiger partial charge in [0.15, 0.2) is 11.5 Å². The van der Waals surface area contributed by atoms with E-state index in [1.54, 1.807) is 6.92 Å². The number of nitrogens with zero attached hydrogens (tertiary/aromatic N) is 8. The van der Waals surface area contributed by atoms with E-state index in [-0.39, 0.29) is 40.5 Å². The third-order valence-electron chi connectivity index (χ3n) is 6.92. The summed E-state index contributed by atoms with van der Waals surface area (Å²) in [6.07, 6.45) is 1.10. The Morgan fingerprint density at radius 1 is 1.10 bits per heavy atom. The number of carbonyl (C=O) groups excluding carboxylic acids is 1. The Balaban J connectivity index is 1.40. The van der Waals surface area contributed by atoms with Gasteiger partial charge in [0.25, 0.3) is 0 Å². The van der Waals surface area contributed by atoms with Crippen molar-refractivity contribution in [2.45, 2.75) is 37.4 Å². The fourth-order valence-corrected chi connectivity index (χ4v) is 5.12. The molecule has 16 heteroatoms. The minimum atomic E-state index is -4.84. The standard InChI is InChI=1S/C25H17F6N9O/c1-24(16-3-6-39(37-16)23(27)28)9-13(14-11-34-18-8-17(26)38-40(18)20(14)24)22(41)36-12-7-15(25(29,30)31)19(35-10-12)21-32-4-2-5-33-21/h2-8,10-11,13,23H,9H2,1H3,(H,36,41)/t13-,24+/m0/s1. The first kappa shape index (κ1) is 26.3. The largest absolute Gasteiger partial charge is 0.418 e. The predicted octanol–water partition coefficient (Wildman–Crippen LogP) is 4.76. The molecule has 1 amide bonds. The van der Waals surface area contributed by atoms with Crippen LogP contribution in [0.2, 0.25) is 0 Å². The summed E-state index contributed by atoms with van der Waals surface area (Å²) in [4.78, 5) is 29.2. The molecule has 5 aromatic rings. The Hall–Kier alpha value is -4.89. The van der Waals surface area contributed by atoms with Gasteiger partial charge in [0.05, 0.1) is 40.2 Å². The monoisotopic (exact) mass is 573 g/mol. The number of rotatable bonds is 5. The number of amides is 1. The molecular weight excluding hydrogens is 556 g/mol. The number of halogens is 6. The molecule has 1 aliphatic rings. The average molecular weight is 573 g/mol. The second kappa shape index (κ2) is 9.35. The fourth-order valence-electron chi connectivity index (χ4n) is 5.12. The third kappa shape index (κ3) is 4.44. The Morgan fingerprint density at radius 2 is 1.85 bits per heavy atom. The molecule has 5 heterocycles. The van der Waals surface area contributed by atoms with E-state index in [1.807, 2.05) is 0 Å². The topological polar surface area (TPSA) is 116 Å². The second-order valence-electron chi connectivity index (χ2n) is 9.53. The first-order chi connectivity index (χ1) is 19.5.